The van der Waals surface area contributed by atoms with Crippen molar-refractivity contribution in [1.82, 2.24) is 15.5 Å². The van der Waals surface area contributed by atoms with Crippen molar-refractivity contribution in [2.45, 2.75) is 58.5 Å². The van der Waals surface area contributed by atoms with Crippen LogP contribution in [0.5, 0.6) is 0 Å². The summed E-state index contributed by atoms with van der Waals surface area (Å²) >= 11 is 0. The zero-order valence-corrected chi connectivity index (χ0v) is 13.2. The first-order valence-electron chi connectivity index (χ1n) is 7.96. The minimum absolute atomic E-state index is 0.0651. The first kappa shape index (κ1) is 17.2. The number of rotatable bonds is 8. The van der Waals surface area contributed by atoms with E-state index in [-0.39, 0.29) is 18.7 Å². The van der Waals surface area contributed by atoms with Crippen LogP contribution in [-0.4, -0.2) is 54.4 Å². The van der Waals surface area contributed by atoms with Gasteiger partial charge in [-0.15, -0.1) is 0 Å². The van der Waals surface area contributed by atoms with Crippen LogP contribution >= 0.6 is 0 Å². The van der Waals surface area contributed by atoms with E-state index in [0.717, 1.165) is 19.5 Å². The van der Waals surface area contributed by atoms with Crippen molar-refractivity contribution in [1.29, 1.82) is 0 Å². The lowest BCUT2D eigenvalue weighted by atomic mass is 10.1. The average Bonchev–Trinajstić information content (AvgIpc) is 2.82. The number of carbonyl (C=O) groups is 1. The van der Waals surface area contributed by atoms with Gasteiger partial charge in [0.1, 0.15) is 0 Å². The Kier molecular flexibility index (Phi) is 7.92. The molecule has 1 unspecified atom stereocenters. The number of likely N-dealkylation sites (tertiary alicyclic amines) is 1. The van der Waals surface area contributed by atoms with Crippen molar-refractivity contribution in [2.75, 3.05) is 26.2 Å². The summed E-state index contributed by atoms with van der Waals surface area (Å²) in [4.78, 5) is 14.3. The molecule has 1 aliphatic rings. The summed E-state index contributed by atoms with van der Waals surface area (Å²) in [6.07, 6.45) is 3.85. The third kappa shape index (κ3) is 6.09. The van der Waals surface area contributed by atoms with Gasteiger partial charge in [-0.3, -0.25) is 4.90 Å². The Bertz CT molecular complexity index is 284. The topological polar surface area (TPSA) is 64.6 Å². The van der Waals surface area contributed by atoms with Crippen LogP contribution in [0.1, 0.15) is 46.5 Å². The summed E-state index contributed by atoms with van der Waals surface area (Å²) in [6.45, 7) is 9.57. The smallest absolute Gasteiger partial charge is 0.315 e. The van der Waals surface area contributed by atoms with Gasteiger partial charge < -0.3 is 15.7 Å². The maximum absolute atomic E-state index is 11.9. The number of hydrogen-bond donors (Lipinski definition) is 3. The van der Waals surface area contributed by atoms with E-state index < -0.39 is 0 Å². The fraction of sp³-hybridized carbons (Fsp3) is 0.933. The zero-order valence-electron chi connectivity index (χ0n) is 13.2. The summed E-state index contributed by atoms with van der Waals surface area (Å²) in [6, 6.07) is 0.429. The minimum atomic E-state index is -0.110. The molecule has 2 amide bonds. The number of nitrogens with zero attached hydrogens (tertiary/aromatic N) is 1. The van der Waals surface area contributed by atoms with Crippen LogP contribution in [0.3, 0.4) is 0 Å². The summed E-state index contributed by atoms with van der Waals surface area (Å²) in [5, 5.41) is 14.8. The van der Waals surface area contributed by atoms with Gasteiger partial charge >= 0.3 is 6.03 Å². The molecule has 1 aliphatic heterocycles. The molecule has 0 spiro atoms. The normalized spacial score (nSPS) is 21.1. The van der Waals surface area contributed by atoms with E-state index in [2.05, 4.69) is 29.4 Å². The molecule has 5 nitrogen and oxygen atoms in total. The summed E-state index contributed by atoms with van der Waals surface area (Å²) in [7, 11) is 0. The number of hydrogen-bond acceptors (Lipinski definition) is 3. The van der Waals surface area contributed by atoms with E-state index in [0.29, 0.717) is 24.9 Å². The van der Waals surface area contributed by atoms with Crippen LogP contribution < -0.4 is 10.6 Å². The largest absolute Gasteiger partial charge is 0.396 e. The van der Waals surface area contributed by atoms with Crippen LogP contribution in [0, 0.1) is 5.92 Å². The van der Waals surface area contributed by atoms with E-state index in [9.17, 15) is 4.79 Å². The molecule has 3 N–H and O–H groups in total. The molecule has 0 bridgehead atoms. The number of amides is 2. The highest BCUT2D eigenvalue weighted by atomic mass is 16.3. The number of aliphatic hydroxyl groups is 1. The fourth-order valence-electron chi connectivity index (χ4n) is 2.82. The van der Waals surface area contributed by atoms with Crippen LogP contribution in [0.4, 0.5) is 4.79 Å². The summed E-state index contributed by atoms with van der Waals surface area (Å²) < 4.78 is 0. The van der Waals surface area contributed by atoms with Crippen molar-refractivity contribution in [3.63, 3.8) is 0 Å². The molecule has 0 aromatic rings. The minimum Gasteiger partial charge on any atom is -0.396 e. The van der Waals surface area contributed by atoms with Gasteiger partial charge in [0, 0.05) is 31.8 Å². The molecule has 20 heavy (non-hydrogen) atoms. The van der Waals surface area contributed by atoms with Crippen LogP contribution in [0.25, 0.3) is 0 Å². The third-order valence-electron chi connectivity index (χ3n) is 3.90. The van der Waals surface area contributed by atoms with E-state index in [4.69, 9.17) is 5.11 Å². The molecule has 1 fully saturated rings. The quantitative estimate of drug-likeness (QED) is 0.634. The van der Waals surface area contributed by atoms with Gasteiger partial charge in [-0.2, -0.15) is 0 Å². The fourth-order valence-corrected chi connectivity index (χ4v) is 2.82. The van der Waals surface area contributed by atoms with Crippen molar-refractivity contribution in [2.24, 2.45) is 5.92 Å². The van der Waals surface area contributed by atoms with Crippen LogP contribution in [-0.2, 0) is 0 Å². The highest BCUT2D eigenvalue weighted by Gasteiger charge is 2.25. The maximum atomic E-state index is 11.9. The number of aliphatic hydroxyl groups excluding tert-OH is 1. The first-order valence-corrected chi connectivity index (χ1v) is 7.96. The molecular weight excluding hydrogens is 254 g/mol. The monoisotopic (exact) mass is 285 g/mol. The van der Waals surface area contributed by atoms with E-state index in [1.165, 1.54) is 12.8 Å². The van der Waals surface area contributed by atoms with Gasteiger partial charge in [-0.05, 0) is 38.1 Å². The van der Waals surface area contributed by atoms with E-state index in [1.54, 1.807) is 0 Å². The van der Waals surface area contributed by atoms with Gasteiger partial charge in [0.25, 0.3) is 0 Å². The van der Waals surface area contributed by atoms with Crippen LogP contribution in [0.2, 0.25) is 0 Å². The number of urea groups is 1. The standard InChI is InChI=1S/C15H31N3O2/c1-4-13(7-9-19)17-15(20)16-10-14-6-5-8-18(14)11-12(2)3/h12-14,19H,4-11H2,1-3H3,(H2,16,17,20)/t13?,14-/m0/s1. The van der Waals surface area contributed by atoms with Gasteiger partial charge in [0.05, 0.1) is 0 Å². The summed E-state index contributed by atoms with van der Waals surface area (Å²) in [5.74, 6) is 0.665. The van der Waals surface area contributed by atoms with Crippen LogP contribution in [0.15, 0.2) is 0 Å². The molecule has 2 atom stereocenters. The predicted molar refractivity (Wildman–Crippen MR) is 81.7 cm³/mol. The first-order chi connectivity index (χ1) is 9.56. The predicted octanol–water partition coefficient (Wildman–Crippen LogP) is 1.57. The second kappa shape index (κ2) is 9.19. The second-order valence-electron chi connectivity index (χ2n) is 6.16. The lowest BCUT2D eigenvalue weighted by Crippen LogP contribution is -2.47. The third-order valence-corrected chi connectivity index (χ3v) is 3.90. The van der Waals surface area contributed by atoms with Gasteiger partial charge in [0.15, 0.2) is 0 Å². The Balaban J connectivity index is 2.29. The molecule has 1 saturated heterocycles. The highest BCUT2D eigenvalue weighted by molar-refractivity contribution is 5.74. The molecule has 1 rings (SSSR count). The molecule has 0 aromatic heterocycles. The Morgan fingerprint density at radius 3 is 2.80 bits per heavy atom. The Morgan fingerprint density at radius 2 is 2.20 bits per heavy atom. The number of nitrogens with one attached hydrogen (secondary N) is 2. The SMILES string of the molecule is CCC(CCO)NC(=O)NC[C@@H]1CCCN1CC(C)C. The Hall–Kier alpha value is -0.810. The highest BCUT2D eigenvalue weighted by Crippen LogP contribution is 2.17. The second-order valence-corrected chi connectivity index (χ2v) is 6.16. The lowest BCUT2D eigenvalue weighted by molar-refractivity contribution is 0.208. The lowest BCUT2D eigenvalue weighted by Gasteiger charge is -2.26. The Labute approximate surface area is 123 Å². The number of carbonyl (C=O) groups excluding carboxylic acids is 1. The molecule has 0 aliphatic carbocycles. The van der Waals surface area contributed by atoms with Crippen molar-refractivity contribution < 1.29 is 9.90 Å². The van der Waals surface area contributed by atoms with Crippen molar-refractivity contribution >= 4 is 6.03 Å². The molecule has 118 valence electrons. The van der Waals surface area contributed by atoms with Crippen molar-refractivity contribution in [3.8, 4) is 0 Å². The molecule has 1 heterocycles. The van der Waals surface area contributed by atoms with E-state index in [1.807, 2.05) is 6.92 Å². The molecular formula is C15H31N3O2. The van der Waals surface area contributed by atoms with E-state index >= 15 is 0 Å². The van der Waals surface area contributed by atoms with Gasteiger partial charge in [-0.25, -0.2) is 4.79 Å². The zero-order chi connectivity index (χ0) is 15.0. The Morgan fingerprint density at radius 1 is 1.45 bits per heavy atom. The molecule has 0 saturated carbocycles. The van der Waals surface area contributed by atoms with Gasteiger partial charge in [-0.1, -0.05) is 20.8 Å². The van der Waals surface area contributed by atoms with Crippen molar-refractivity contribution in [3.05, 3.63) is 0 Å². The van der Waals surface area contributed by atoms with Gasteiger partial charge in [0.2, 0.25) is 0 Å². The average molecular weight is 285 g/mol. The molecule has 0 radical (unpaired) electrons. The summed E-state index contributed by atoms with van der Waals surface area (Å²) in [5.41, 5.74) is 0. The maximum Gasteiger partial charge on any atom is 0.315 e. The molecule has 0 aromatic carbocycles. The molecule has 5 heteroatoms.